The largest absolute Gasteiger partial charge is 0.497 e. The standard InChI is InChI=1S/C23H18N2O4/c1-27-19-10-6-18(7-11-19)22-21(23(26)29-25-22)13-16-4-8-20(9-5-16)28-15-17-3-2-12-24-14-17/h2-14H,15H2,1H3/b21-13-. The number of aromatic nitrogens is 1. The van der Waals surface area contributed by atoms with Gasteiger partial charge in [-0.15, -0.1) is 0 Å². The van der Waals surface area contributed by atoms with Crippen LogP contribution in [0.3, 0.4) is 0 Å². The molecule has 0 spiro atoms. The first-order valence-electron chi connectivity index (χ1n) is 9.00. The summed E-state index contributed by atoms with van der Waals surface area (Å²) >= 11 is 0. The minimum atomic E-state index is -0.479. The van der Waals surface area contributed by atoms with Crippen LogP contribution in [0.15, 0.2) is 83.8 Å². The highest BCUT2D eigenvalue weighted by molar-refractivity contribution is 6.31. The number of ether oxygens (including phenoxy) is 2. The second kappa shape index (κ2) is 8.39. The molecule has 0 saturated heterocycles. The van der Waals surface area contributed by atoms with Gasteiger partial charge in [-0.2, -0.15) is 0 Å². The van der Waals surface area contributed by atoms with E-state index in [0.29, 0.717) is 17.9 Å². The quantitative estimate of drug-likeness (QED) is 0.473. The van der Waals surface area contributed by atoms with Crippen LogP contribution in [0.4, 0.5) is 0 Å². The summed E-state index contributed by atoms with van der Waals surface area (Å²) in [5.74, 6) is 0.980. The van der Waals surface area contributed by atoms with Crippen molar-refractivity contribution >= 4 is 17.8 Å². The Morgan fingerprint density at radius 3 is 2.45 bits per heavy atom. The molecule has 144 valence electrons. The average molecular weight is 386 g/mol. The van der Waals surface area contributed by atoms with Crippen LogP contribution in [-0.2, 0) is 16.2 Å². The molecule has 0 aliphatic carbocycles. The number of methoxy groups -OCH3 is 1. The fourth-order valence-electron chi connectivity index (χ4n) is 2.84. The predicted octanol–water partition coefficient (Wildman–Crippen LogP) is 4.01. The number of benzene rings is 2. The maximum absolute atomic E-state index is 12.2. The third-order valence-electron chi connectivity index (χ3n) is 4.38. The van der Waals surface area contributed by atoms with Gasteiger partial charge in [-0.05, 0) is 54.1 Å². The SMILES string of the molecule is COc1ccc(C2=NOC(=O)/C2=C\c2ccc(OCc3cccnc3)cc2)cc1. The van der Waals surface area contributed by atoms with Gasteiger partial charge in [0.15, 0.2) is 0 Å². The maximum Gasteiger partial charge on any atom is 0.368 e. The number of rotatable bonds is 6. The fraction of sp³-hybridized carbons (Fsp3) is 0.0870. The fourth-order valence-corrected chi connectivity index (χ4v) is 2.84. The van der Waals surface area contributed by atoms with Crippen molar-refractivity contribution in [2.45, 2.75) is 6.61 Å². The summed E-state index contributed by atoms with van der Waals surface area (Å²) in [6.07, 6.45) is 5.25. The van der Waals surface area contributed by atoms with Crippen LogP contribution in [0, 0.1) is 0 Å². The molecule has 0 atom stereocenters. The molecule has 1 aliphatic heterocycles. The first kappa shape index (κ1) is 18.4. The van der Waals surface area contributed by atoms with Crippen LogP contribution in [0.2, 0.25) is 0 Å². The molecule has 2 aromatic carbocycles. The summed E-state index contributed by atoms with van der Waals surface area (Å²) in [7, 11) is 1.60. The Bertz CT molecular complexity index is 1060. The number of hydrogen-bond donors (Lipinski definition) is 0. The Morgan fingerprint density at radius 1 is 1.00 bits per heavy atom. The number of nitrogens with zero attached hydrogens (tertiary/aromatic N) is 2. The van der Waals surface area contributed by atoms with Gasteiger partial charge in [-0.3, -0.25) is 4.98 Å². The van der Waals surface area contributed by atoms with E-state index in [-0.39, 0.29) is 0 Å². The molecule has 0 unspecified atom stereocenters. The molecule has 29 heavy (non-hydrogen) atoms. The number of oxime groups is 1. The monoisotopic (exact) mass is 386 g/mol. The zero-order valence-corrected chi connectivity index (χ0v) is 15.7. The van der Waals surface area contributed by atoms with E-state index >= 15 is 0 Å². The van der Waals surface area contributed by atoms with Crippen molar-refractivity contribution in [2.24, 2.45) is 5.16 Å². The van der Waals surface area contributed by atoms with Crippen LogP contribution in [0.5, 0.6) is 11.5 Å². The molecular weight excluding hydrogens is 368 g/mol. The normalized spacial score (nSPS) is 14.4. The highest BCUT2D eigenvalue weighted by Crippen LogP contribution is 2.23. The van der Waals surface area contributed by atoms with Crippen LogP contribution in [-0.4, -0.2) is 23.8 Å². The molecule has 1 aliphatic rings. The van der Waals surface area contributed by atoms with Crippen LogP contribution >= 0.6 is 0 Å². The Kier molecular flexibility index (Phi) is 5.33. The van der Waals surface area contributed by atoms with Crippen molar-refractivity contribution in [1.29, 1.82) is 0 Å². The lowest BCUT2D eigenvalue weighted by molar-refractivity contribution is -0.136. The lowest BCUT2D eigenvalue weighted by Crippen LogP contribution is -2.06. The first-order chi connectivity index (χ1) is 14.2. The van der Waals surface area contributed by atoms with E-state index < -0.39 is 5.97 Å². The lowest BCUT2D eigenvalue weighted by Gasteiger charge is -2.06. The number of carbonyl (C=O) groups is 1. The number of hydrogen-bond acceptors (Lipinski definition) is 6. The van der Waals surface area contributed by atoms with Crippen molar-refractivity contribution in [3.63, 3.8) is 0 Å². The van der Waals surface area contributed by atoms with E-state index in [2.05, 4.69) is 10.1 Å². The molecule has 0 bridgehead atoms. The molecule has 4 rings (SSSR count). The van der Waals surface area contributed by atoms with Gasteiger partial charge < -0.3 is 14.3 Å². The summed E-state index contributed by atoms with van der Waals surface area (Å²) in [6.45, 7) is 0.439. The lowest BCUT2D eigenvalue weighted by atomic mass is 10.0. The molecule has 6 nitrogen and oxygen atoms in total. The van der Waals surface area contributed by atoms with Gasteiger partial charge in [-0.1, -0.05) is 23.4 Å². The topological polar surface area (TPSA) is 70.0 Å². The van der Waals surface area contributed by atoms with E-state index in [0.717, 1.165) is 28.2 Å². The molecule has 0 radical (unpaired) electrons. The molecule has 0 saturated carbocycles. The van der Waals surface area contributed by atoms with Crippen molar-refractivity contribution in [3.05, 3.63) is 95.3 Å². The molecule has 0 fully saturated rings. The van der Waals surface area contributed by atoms with Crippen molar-refractivity contribution < 1.29 is 19.1 Å². The maximum atomic E-state index is 12.2. The molecule has 0 N–H and O–H groups in total. The Labute approximate surface area is 168 Å². The molecular formula is C23H18N2O4. The van der Waals surface area contributed by atoms with Gasteiger partial charge in [-0.25, -0.2) is 4.79 Å². The summed E-state index contributed by atoms with van der Waals surface area (Å²) < 4.78 is 10.9. The molecule has 3 aromatic rings. The molecule has 1 aromatic heterocycles. The van der Waals surface area contributed by atoms with E-state index in [9.17, 15) is 4.79 Å². The van der Waals surface area contributed by atoms with Gasteiger partial charge in [0.25, 0.3) is 0 Å². The summed E-state index contributed by atoms with van der Waals surface area (Å²) in [5, 5.41) is 3.93. The Morgan fingerprint density at radius 2 is 1.76 bits per heavy atom. The van der Waals surface area contributed by atoms with E-state index in [4.69, 9.17) is 14.3 Å². The second-order valence-electron chi connectivity index (χ2n) is 6.32. The highest BCUT2D eigenvalue weighted by Gasteiger charge is 2.26. The van der Waals surface area contributed by atoms with Gasteiger partial charge in [0, 0.05) is 23.5 Å². The molecule has 0 amide bonds. The van der Waals surface area contributed by atoms with E-state index in [1.165, 1.54) is 0 Å². The van der Waals surface area contributed by atoms with Crippen LogP contribution in [0.1, 0.15) is 16.7 Å². The van der Waals surface area contributed by atoms with Crippen molar-refractivity contribution in [2.75, 3.05) is 7.11 Å². The number of pyridine rings is 1. The third-order valence-corrected chi connectivity index (χ3v) is 4.38. The highest BCUT2D eigenvalue weighted by atomic mass is 16.7. The summed E-state index contributed by atoms with van der Waals surface area (Å²) in [5.41, 5.74) is 3.51. The smallest absolute Gasteiger partial charge is 0.368 e. The third kappa shape index (κ3) is 4.32. The summed E-state index contributed by atoms with van der Waals surface area (Å²) in [4.78, 5) is 21.1. The van der Waals surface area contributed by atoms with Gasteiger partial charge in [0.05, 0.1) is 12.7 Å². The molecule has 6 heteroatoms. The minimum Gasteiger partial charge on any atom is -0.497 e. The minimum absolute atomic E-state index is 0.402. The predicted molar refractivity (Wildman–Crippen MR) is 109 cm³/mol. The first-order valence-corrected chi connectivity index (χ1v) is 9.00. The van der Waals surface area contributed by atoms with Crippen LogP contribution < -0.4 is 9.47 Å². The zero-order chi connectivity index (χ0) is 20.1. The van der Waals surface area contributed by atoms with Gasteiger partial charge >= 0.3 is 5.97 Å². The van der Waals surface area contributed by atoms with E-state index in [1.54, 1.807) is 25.6 Å². The average Bonchev–Trinajstić information content (AvgIpc) is 3.14. The summed E-state index contributed by atoms with van der Waals surface area (Å²) in [6, 6.07) is 18.6. The zero-order valence-electron chi connectivity index (χ0n) is 15.7. The number of carbonyl (C=O) groups excluding carboxylic acids is 1. The van der Waals surface area contributed by atoms with E-state index in [1.807, 2.05) is 60.7 Å². The van der Waals surface area contributed by atoms with Gasteiger partial charge in [0.1, 0.15) is 23.8 Å². The van der Waals surface area contributed by atoms with Crippen molar-refractivity contribution in [3.8, 4) is 11.5 Å². The second-order valence-corrected chi connectivity index (χ2v) is 6.32. The Hall–Kier alpha value is -3.93. The van der Waals surface area contributed by atoms with Crippen LogP contribution in [0.25, 0.3) is 6.08 Å². The van der Waals surface area contributed by atoms with Gasteiger partial charge in [0.2, 0.25) is 0 Å². The van der Waals surface area contributed by atoms with Crippen molar-refractivity contribution in [1.82, 2.24) is 4.98 Å². The Balaban J connectivity index is 1.49. The molecule has 2 heterocycles.